The highest BCUT2D eigenvalue weighted by molar-refractivity contribution is 5.86. The van der Waals surface area contributed by atoms with Crippen LogP contribution in [0.25, 0.3) is 0 Å². The number of hydrogen-bond donors (Lipinski definition) is 2. The van der Waals surface area contributed by atoms with E-state index in [2.05, 4.69) is 0 Å². The van der Waals surface area contributed by atoms with Gasteiger partial charge in [0.25, 0.3) is 0 Å². The molecule has 1 rings (SSSR count). The molecule has 0 bridgehead atoms. The fraction of sp³-hybridized carbons (Fsp3) is 0.846. The van der Waals surface area contributed by atoms with E-state index in [-0.39, 0.29) is 6.54 Å². The number of nitrogens with zero attached hydrogens (tertiary/aromatic N) is 1. The van der Waals surface area contributed by atoms with Gasteiger partial charge in [0.05, 0.1) is 5.41 Å². The van der Waals surface area contributed by atoms with Gasteiger partial charge in [-0.3, -0.25) is 9.59 Å². The number of carbonyl (C=O) groups excluding carboxylic acids is 1. The van der Waals surface area contributed by atoms with Gasteiger partial charge in [-0.2, -0.15) is 13.2 Å². The zero-order valence-electron chi connectivity index (χ0n) is 11.9. The Kier molecular flexibility index (Phi) is 5.61. The van der Waals surface area contributed by atoms with Crippen LogP contribution in [-0.4, -0.2) is 47.7 Å². The Morgan fingerprint density at radius 1 is 1.33 bits per heavy atom. The fourth-order valence-corrected chi connectivity index (χ4v) is 2.73. The first-order valence-electron chi connectivity index (χ1n) is 6.87. The van der Waals surface area contributed by atoms with Crippen LogP contribution in [-0.2, 0) is 9.59 Å². The third-order valence-corrected chi connectivity index (χ3v) is 4.06. The van der Waals surface area contributed by atoms with E-state index in [4.69, 9.17) is 10.8 Å². The largest absolute Gasteiger partial charge is 0.480 e. The first-order chi connectivity index (χ1) is 9.59. The predicted octanol–water partition coefficient (Wildman–Crippen LogP) is 1.62. The van der Waals surface area contributed by atoms with E-state index in [0.29, 0.717) is 36.5 Å². The van der Waals surface area contributed by atoms with Crippen molar-refractivity contribution < 1.29 is 27.9 Å². The number of hydrogen-bond acceptors (Lipinski definition) is 3. The van der Waals surface area contributed by atoms with Gasteiger partial charge in [0.15, 0.2) is 0 Å². The van der Waals surface area contributed by atoms with E-state index in [0.717, 1.165) is 0 Å². The second-order valence-electron chi connectivity index (χ2n) is 5.84. The smallest absolute Gasteiger partial charge is 0.406 e. The summed E-state index contributed by atoms with van der Waals surface area (Å²) in [4.78, 5) is 23.6. The molecule has 0 aromatic carbocycles. The van der Waals surface area contributed by atoms with Gasteiger partial charge in [-0.25, -0.2) is 0 Å². The molecule has 5 nitrogen and oxygen atoms in total. The molecule has 0 aromatic heterocycles. The van der Waals surface area contributed by atoms with E-state index < -0.39 is 36.6 Å². The Morgan fingerprint density at radius 3 is 2.24 bits per heavy atom. The Labute approximate surface area is 121 Å². The average Bonchev–Trinajstić information content (AvgIpc) is 2.36. The van der Waals surface area contributed by atoms with Crippen LogP contribution in [0.3, 0.4) is 0 Å². The van der Waals surface area contributed by atoms with Gasteiger partial charge < -0.3 is 15.7 Å². The Morgan fingerprint density at radius 2 is 1.86 bits per heavy atom. The standard InChI is InChI=1S/C13H21F3N2O3/c1-9-2-4-12(7-17,5-3-9)11(21)18(6-10(19)20)8-13(14,15)16/h9H,2-8,17H2,1H3,(H,19,20). The van der Waals surface area contributed by atoms with Crippen LogP contribution in [0.15, 0.2) is 0 Å². The van der Waals surface area contributed by atoms with Gasteiger partial charge in [0, 0.05) is 6.54 Å². The van der Waals surface area contributed by atoms with E-state index in [1.165, 1.54) is 0 Å². The van der Waals surface area contributed by atoms with Gasteiger partial charge in [-0.1, -0.05) is 6.92 Å². The van der Waals surface area contributed by atoms with Gasteiger partial charge in [0.1, 0.15) is 13.1 Å². The van der Waals surface area contributed by atoms with Gasteiger partial charge >= 0.3 is 12.1 Å². The van der Waals surface area contributed by atoms with Crippen LogP contribution in [0.4, 0.5) is 13.2 Å². The Hall–Kier alpha value is -1.31. The summed E-state index contributed by atoms with van der Waals surface area (Å²) in [5.74, 6) is -1.87. The summed E-state index contributed by atoms with van der Waals surface area (Å²) in [5, 5.41) is 8.73. The number of alkyl halides is 3. The summed E-state index contributed by atoms with van der Waals surface area (Å²) in [7, 11) is 0. The first-order valence-corrected chi connectivity index (χ1v) is 6.87. The molecule has 0 heterocycles. The van der Waals surface area contributed by atoms with E-state index in [1.54, 1.807) is 0 Å². The van der Waals surface area contributed by atoms with Crippen LogP contribution < -0.4 is 5.73 Å². The number of halogens is 3. The first kappa shape index (κ1) is 17.7. The molecule has 1 aliphatic carbocycles. The monoisotopic (exact) mass is 310 g/mol. The van der Waals surface area contributed by atoms with Crippen LogP contribution in [0, 0.1) is 11.3 Å². The van der Waals surface area contributed by atoms with Crippen molar-refractivity contribution in [2.45, 2.75) is 38.8 Å². The molecular weight excluding hydrogens is 289 g/mol. The highest BCUT2D eigenvalue weighted by atomic mass is 19.4. The summed E-state index contributed by atoms with van der Waals surface area (Å²) < 4.78 is 37.7. The molecule has 3 N–H and O–H groups in total. The lowest BCUT2D eigenvalue weighted by molar-refractivity contribution is -0.172. The molecule has 21 heavy (non-hydrogen) atoms. The molecule has 0 spiro atoms. The molecule has 1 saturated carbocycles. The minimum Gasteiger partial charge on any atom is -0.480 e. The highest BCUT2D eigenvalue weighted by Gasteiger charge is 2.45. The van der Waals surface area contributed by atoms with Gasteiger partial charge in [0.2, 0.25) is 5.91 Å². The molecular formula is C13H21F3N2O3. The van der Waals surface area contributed by atoms with Crippen molar-refractivity contribution in [2.75, 3.05) is 19.6 Å². The number of carboxylic acid groups (broad SMARTS) is 1. The van der Waals surface area contributed by atoms with E-state index >= 15 is 0 Å². The summed E-state index contributed by atoms with van der Waals surface area (Å²) in [5.41, 5.74) is 4.58. The third kappa shape index (κ3) is 4.87. The van der Waals surface area contributed by atoms with Crippen molar-refractivity contribution in [3.05, 3.63) is 0 Å². The second-order valence-corrected chi connectivity index (χ2v) is 5.84. The van der Waals surface area contributed by atoms with Crippen LogP contribution >= 0.6 is 0 Å². The second kappa shape index (κ2) is 6.64. The number of nitrogens with two attached hydrogens (primary N) is 1. The number of carbonyl (C=O) groups is 2. The lowest BCUT2D eigenvalue weighted by atomic mass is 9.70. The van der Waals surface area contributed by atoms with E-state index in [9.17, 15) is 22.8 Å². The van der Waals surface area contributed by atoms with Crippen LogP contribution in [0.2, 0.25) is 0 Å². The molecule has 122 valence electrons. The maximum absolute atomic E-state index is 12.6. The minimum absolute atomic E-state index is 0.0630. The maximum Gasteiger partial charge on any atom is 0.406 e. The molecule has 8 heteroatoms. The molecule has 0 aromatic rings. The molecule has 0 aliphatic heterocycles. The summed E-state index contributed by atoms with van der Waals surface area (Å²) >= 11 is 0. The van der Waals surface area contributed by atoms with Crippen molar-refractivity contribution in [1.29, 1.82) is 0 Å². The minimum atomic E-state index is -4.64. The fourth-order valence-electron chi connectivity index (χ4n) is 2.73. The van der Waals surface area contributed by atoms with Gasteiger partial charge in [-0.05, 0) is 31.6 Å². The van der Waals surface area contributed by atoms with Crippen LogP contribution in [0.1, 0.15) is 32.6 Å². The van der Waals surface area contributed by atoms with Crippen molar-refractivity contribution in [1.82, 2.24) is 4.90 Å². The molecule has 0 atom stereocenters. The topological polar surface area (TPSA) is 83.6 Å². The van der Waals surface area contributed by atoms with E-state index in [1.807, 2.05) is 6.92 Å². The lowest BCUT2D eigenvalue weighted by Gasteiger charge is -2.40. The van der Waals surface area contributed by atoms with Gasteiger partial charge in [-0.15, -0.1) is 0 Å². The summed E-state index contributed by atoms with van der Waals surface area (Å²) in [6.07, 6.45) is -2.43. The van der Waals surface area contributed by atoms with Crippen LogP contribution in [0.5, 0.6) is 0 Å². The summed E-state index contributed by atoms with van der Waals surface area (Å²) in [6, 6.07) is 0. The number of carboxylic acids is 1. The van der Waals surface area contributed by atoms with Crippen molar-refractivity contribution >= 4 is 11.9 Å². The molecule has 1 fully saturated rings. The highest BCUT2D eigenvalue weighted by Crippen LogP contribution is 2.40. The number of rotatable bonds is 5. The lowest BCUT2D eigenvalue weighted by Crippen LogP contribution is -2.53. The van der Waals surface area contributed by atoms with Crippen molar-refractivity contribution in [3.63, 3.8) is 0 Å². The Balaban J connectivity index is 2.93. The predicted molar refractivity (Wildman–Crippen MR) is 69.4 cm³/mol. The van der Waals surface area contributed by atoms with Crippen molar-refractivity contribution in [2.24, 2.45) is 17.1 Å². The SMILES string of the molecule is CC1CCC(CN)(C(=O)N(CC(=O)O)CC(F)(F)F)CC1. The number of aliphatic carboxylic acids is 1. The molecule has 0 unspecified atom stereocenters. The molecule has 1 aliphatic rings. The average molecular weight is 310 g/mol. The third-order valence-electron chi connectivity index (χ3n) is 4.06. The Bertz CT molecular complexity index is 391. The summed E-state index contributed by atoms with van der Waals surface area (Å²) in [6.45, 7) is -0.576. The molecule has 0 radical (unpaired) electrons. The zero-order chi connectivity index (χ0) is 16.3. The zero-order valence-corrected chi connectivity index (χ0v) is 11.9. The molecule has 1 amide bonds. The molecule has 0 saturated heterocycles. The maximum atomic E-state index is 12.6. The normalized spacial score (nSPS) is 26.4. The quantitative estimate of drug-likeness (QED) is 0.808. The number of amides is 1. The van der Waals surface area contributed by atoms with Crippen molar-refractivity contribution in [3.8, 4) is 0 Å².